The zero-order chi connectivity index (χ0) is 27.2. The van der Waals surface area contributed by atoms with Gasteiger partial charge in [-0.25, -0.2) is 4.79 Å². The minimum atomic E-state index is -5.19. The van der Waals surface area contributed by atoms with E-state index in [9.17, 15) is 27.9 Å². The number of carboxylic acids is 2. The lowest BCUT2D eigenvalue weighted by Gasteiger charge is -2.38. The van der Waals surface area contributed by atoms with Crippen LogP contribution in [0.4, 0.5) is 23.7 Å². The van der Waals surface area contributed by atoms with Gasteiger partial charge in [-0.1, -0.05) is 51.2 Å². The summed E-state index contributed by atoms with van der Waals surface area (Å²) in [4.78, 5) is 33.9. The Morgan fingerprint density at radius 1 is 1.08 bits per heavy atom. The summed E-state index contributed by atoms with van der Waals surface area (Å²) in [5.41, 5.74) is 1.33. The van der Waals surface area contributed by atoms with E-state index in [1.54, 1.807) is 0 Å². The number of aliphatic carboxylic acids is 2. The highest BCUT2D eigenvalue weighted by Crippen LogP contribution is 2.20. The van der Waals surface area contributed by atoms with E-state index in [2.05, 4.69) is 29.7 Å². The summed E-state index contributed by atoms with van der Waals surface area (Å²) < 4.78 is 31.5. The Hall–Kier alpha value is -2.82. The van der Waals surface area contributed by atoms with Gasteiger partial charge in [0.1, 0.15) is 18.1 Å². The van der Waals surface area contributed by atoms with Crippen LogP contribution in [0.3, 0.4) is 0 Å². The number of unbranched alkanes of at least 4 members (excludes halogenated alkanes) is 5. The average Bonchev–Trinajstić information content (AvgIpc) is 2.76. The highest BCUT2D eigenvalue weighted by atomic mass is 19.4. The molecule has 0 aromatic heterocycles. The minimum Gasteiger partial charge on any atom is -0.542 e. The molecule has 1 aliphatic rings. The molecule has 1 fully saturated rings. The topological polar surface area (TPSA) is 123 Å². The highest BCUT2D eigenvalue weighted by Gasteiger charge is 2.40. The summed E-state index contributed by atoms with van der Waals surface area (Å²) >= 11 is 0. The molecule has 1 aliphatic heterocycles. The summed E-state index contributed by atoms with van der Waals surface area (Å²) in [6.45, 7) is 3.87. The first-order valence-electron chi connectivity index (χ1n) is 12.4. The number of alkyl halides is 3. The molecule has 0 aliphatic carbocycles. The summed E-state index contributed by atoms with van der Waals surface area (Å²) in [7, 11) is 2.04. The molecule has 8 nitrogen and oxygen atoms in total. The van der Waals surface area contributed by atoms with E-state index < -0.39 is 23.7 Å². The number of carbonyl (C=O) groups excluding carboxylic acids is 2. The number of piperidine rings is 1. The zero-order valence-electron chi connectivity index (χ0n) is 21.0. The van der Waals surface area contributed by atoms with Crippen LogP contribution in [0.5, 0.6) is 0 Å². The third-order valence-corrected chi connectivity index (χ3v) is 6.03. The van der Waals surface area contributed by atoms with Gasteiger partial charge in [-0.3, -0.25) is 4.79 Å². The Morgan fingerprint density at radius 2 is 1.67 bits per heavy atom. The Balaban J connectivity index is 0.000000809. The number of nitrogens with one attached hydrogen (secondary N) is 3. The van der Waals surface area contributed by atoms with Crippen molar-refractivity contribution in [2.75, 3.05) is 25.5 Å². The molecule has 2 unspecified atom stereocenters. The van der Waals surface area contributed by atoms with Gasteiger partial charge in [0.15, 0.2) is 0 Å². The number of amides is 2. The quantitative estimate of drug-likeness (QED) is 0.336. The van der Waals surface area contributed by atoms with Crippen molar-refractivity contribution in [1.82, 2.24) is 5.32 Å². The van der Waals surface area contributed by atoms with Gasteiger partial charge in [-0.2, -0.15) is 13.2 Å². The monoisotopic (exact) mass is 517 g/mol. The molecule has 2 rings (SSSR count). The van der Waals surface area contributed by atoms with Gasteiger partial charge in [0, 0.05) is 5.69 Å². The molecule has 4 N–H and O–H groups in total. The van der Waals surface area contributed by atoms with Crippen LogP contribution in [0.15, 0.2) is 24.3 Å². The van der Waals surface area contributed by atoms with E-state index in [1.807, 2.05) is 19.2 Å². The number of benzene rings is 1. The van der Waals surface area contributed by atoms with Gasteiger partial charge < -0.3 is 30.5 Å². The van der Waals surface area contributed by atoms with Crippen LogP contribution < -0.4 is 20.6 Å². The van der Waals surface area contributed by atoms with Gasteiger partial charge in [-0.05, 0) is 43.4 Å². The second kappa shape index (κ2) is 15.3. The third kappa shape index (κ3) is 12.8. The van der Waals surface area contributed by atoms with Crippen LogP contribution in [0.2, 0.25) is 0 Å². The first-order valence-corrected chi connectivity index (χ1v) is 12.4. The molecule has 1 saturated heterocycles. The summed E-state index contributed by atoms with van der Waals surface area (Å²) in [5, 5.41) is 23.9. The van der Waals surface area contributed by atoms with Gasteiger partial charge in [0.2, 0.25) is 0 Å². The van der Waals surface area contributed by atoms with Crippen LogP contribution in [0, 0.1) is 0 Å². The van der Waals surface area contributed by atoms with Crippen LogP contribution in [-0.2, 0) is 16.0 Å². The Labute approximate surface area is 210 Å². The molecule has 0 spiro atoms. The van der Waals surface area contributed by atoms with Gasteiger partial charge in [-0.15, -0.1) is 0 Å². The smallest absolute Gasteiger partial charge is 0.430 e. The molecule has 11 heteroatoms. The van der Waals surface area contributed by atoms with E-state index >= 15 is 0 Å². The predicted octanol–water partition coefficient (Wildman–Crippen LogP) is 2.53. The average molecular weight is 518 g/mol. The Morgan fingerprint density at radius 3 is 2.19 bits per heavy atom. The molecule has 0 bridgehead atoms. The largest absolute Gasteiger partial charge is 0.542 e. The fraction of sp³-hybridized carbons (Fsp3) is 0.640. The van der Waals surface area contributed by atoms with Crippen molar-refractivity contribution < 1.29 is 42.7 Å². The maximum atomic E-state index is 12.5. The molecule has 1 heterocycles. The van der Waals surface area contributed by atoms with Crippen molar-refractivity contribution >= 4 is 23.7 Å². The number of hydrogen-bond donors (Lipinski definition) is 4. The lowest BCUT2D eigenvalue weighted by molar-refractivity contribution is -0.889. The first kappa shape index (κ1) is 31.2. The summed E-state index contributed by atoms with van der Waals surface area (Å²) in [5.74, 6) is -3.88. The van der Waals surface area contributed by atoms with Crippen molar-refractivity contribution in [2.24, 2.45) is 0 Å². The molecular formula is C25H38F3N3O5. The molecule has 36 heavy (non-hydrogen) atoms. The van der Waals surface area contributed by atoms with Crippen molar-refractivity contribution in [2.45, 2.75) is 82.8 Å². The van der Waals surface area contributed by atoms with Crippen molar-refractivity contribution in [3.63, 3.8) is 0 Å². The van der Waals surface area contributed by atoms with Gasteiger partial charge in [0.25, 0.3) is 0 Å². The number of hydrogen-bond acceptors (Lipinski definition) is 4. The molecule has 1 aromatic carbocycles. The molecule has 204 valence electrons. The second-order valence-electron chi connectivity index (χ2n) is 9.42. The molecule has 1 aromatic rings. The number of halogens is 3. The Kier molecular flexibility index (Phi) is 13.3. The number of urea groups is 1. The van der Waals surface area contributed by atoms with Crippen molar-refractivity contribution in [1.29, 1.82) is 0 Å². The number of aryl methyl sites for hydroxylation is 1. The number of carbonyl (C=O) groups is 3. The standard InChI is InChI=1S/C23H37N3O3.C2HF3O2/c1-3-4-5-6-7-8-10-19-11-13-20(14-12-19)24-22(29)25-23(17-21(27)28)15-9-16-26(2)18-23;3-2(4,5)1(6)7/h11-14H,3-10,15-18H2,1-2H3,(H,27,28)(H2,24,25,29);(H,6,7). The molecule has 2 atom stereocenters. The lowest BCUT2D eigenvalue weighted by atomic mass is 9.86. The SMILES string of the molecule is CCCCCCCCc1ccc(NC(=O)NC2(CC(=O)O)CCC[NH+](C)C2)cc1.O=C([O-])C(F)(F)F. The van der Waals surface area contributed by atoms with Crippen molar-refractivity contribution in [3.05, 3.63) is 29.8 Å². The fourth-order valence-electron chi connectivity index (χ4n) is 4.34. The molecular weight excluding hydrogens is 479 g/mol. The van der Waals surface area contributed by atoms with Crippen LogP contribution in [0.1, 0.15) is 70.3 Å². The number of carboxylic acid groups (broad SMARTS) is 2. The van der Waals surface area contributed by atoms with E-state index in [0.29, 0.717) is 13.0 Å². The molecule has 2 amide bonds. The van der Waals surface area contributed by atoms with E-state index in [0.717, 1.165) is 25.1 Å². The van der Waals surface area contributed by atoms with Gasteiger partial charge in [0.05, 0.1) is 20.0 Å². The fourth-order valence-corrected chi connectivity index (χ4v) is 4.34. The minimum absolute atomic E-state index is 0.0467. The lowest BCUT2D eigenvalue weighted by Crippen LogP contribution is -3.13. The molecule has 0 radical (unpaired) electrons. The van der Waals surface area contributed by atoms with Crippen LogP contribution in [-0.4, -0.2) is 54.9 Å². The number of likely N-dealkylation sites (N-methyl/N-ethyl adjacent to an activating group) is 1. The zero-order valence-corrected chi connectivity index (χ0v) is 21.0. The number of rotatable bonds is 11. The molecule has 0 saturated carbocycles. The number of anilines is 1. The summed E-state index contributed by atoms with van der Waals surface area (Å²) in [6.07, 6.45) is 5.14. The van der Waals surface area contributed by atoms with Gasteiger partial charge >= 0.3 is 18.2 Å². The second-order valence-corrected chi connectivity index (χ2v) is 9.42. The maximum absolute atomic E-state index is 12.5. The number of likely N-dealkylation sites (tertiary alicyclic amines) is 1. The predicted molar refractivity (Wildman–Crippen MR) is 128 cm³/mol. The highest BCUT2D eigenvalue weighted by molar-refractivity contribution is 5.90. The first-order chi connectivity index (χ1) is 16.9. The summed E-state index contributed by atoms with van der Waals surface area (Å²) in [6, 6.07) is 7.65. The van der Waals surface area contributed by atoms with E-state index in [1.165, 1.54) is 49.0 Å². The number of quaternary nitrogens is 1. The van der Waals surface area contributed by atoms with Crippen molar-refractivity contribution in [3.8, 4) is 0 Å². The van der Waals surface area contributed by atoms with E-state index in [4.69, 9.17) is 9.90 Å². The normalized spacial score (nSPS) is 19.5. The third-order valence-electron chi connectivity index (χ3n) is 6.03. The Bertz CT molecular complexity index is 833. The van der Waals surface area contributed by atoms with Crippen LogP contribution in [0.25, 0.3) is 0 Å². The van der Waals surface area contributed by atoms with Crippen LogP contribution >= 0.6 is 0 Å². The van der Waals surface area contributed by atoms with E-state index in [-0.39, 0.29) is 12.5 Å². The maximum Gasteiger partial charge on any atom is 0.430 e.